The maximum Gasteiger partial charge on any atom is 0.176 e. The summed E-state index contributed by atoms with van der Waals surface area (Å²) >= 11 is 1.37. The molecule has 0 aliphatic heterocycles. The molecule has 0 amide bonds. The Bertz CT molecular complexity index is 756. The van der Waals surface area contributed by atoms with Gasteiger partial charge in [0.2, 0.25) is 0 Å². The summed E-state index contributed by atoms with van der Waals surface area (Å²) in [4.78, 5) is 12.3. The minimum Gasteiger partial charge on any atom is -0.506 e. The second-order valence-electron chi connectivity index (χ2n) is 4.22. The lowest BCUT2D eigenvalue weighted by Crippen LogP contribution is -1.91. The van der Waals surface area contributed by atoms with Crippen LogP contribution in [-0.2, 0) is 0 Å². The second kappa shape index (κ2) is 4.10. The third-order valence-corrected chi connectivity index (χ3v) is 4.31. The van der Waals surface area contributed by atoms with E-state index in [-0.39, 0.29) is 11.5 Å². The van der Waals surface area contributed by atoms with E-state index in [4.69, 9.17) is 0 Å². The summed E-state index contributed by atoms with van der Waals surface area (Å²) in [6.45, 7) is 1.81. The predicted molar refractivity (Wildman–Crippen MR) is 75.6 cm³/mol. The van der Waals surface area contributed by atoms with E-state index in [1.807, 2.05) is 43.3 Å². The molecule has 0 aliphatic rings. The molecule has 3 rings (SSSR count). The third kappa shape index (κ3) is 1.51. The van der Waals surface area contributed by atoms with Crippen LogP contribution in [0.3, 0.4) is 0 Å². The van der Waals surface area contributed by atoms with Gasteiger partial charge in [0.15, 0.2) is 5.78 Å². The molecule has 0 saturated heterocycles. The van der Waals surface area contributed by atoms with Gasteiger partial charge in [-0.15, -0.1) is 11.3 Å². The van der Waals surface area contributed by atoms with Crippen LogP contribution >= 0.6 is 11.3 Å². The van der Waals surface area contributed by atoms with Crippen LogP contribution in [0, 0.1) is 0 Å². The van der Waals surface area contributed by atoms with Crippen molar-refractivity contribution in [2.24, 2.45) is 0 Å². The number of Topliss-reactive ketones (excluding diaryl/α,β-unsaturated/α-hetero) is 1. The smallest absolute Gasteiger partial charge is 0.176 e. The second-order valence-corrected chi connectivity index (χ2v) is 5.27. The number of carbonyl (C=O) groups is 1. The van der Waals surface area contributed by atoms with Crippen molar-refractivity contribution in [3.05, 3.63) is 41.3 Å². The van der Waals surface area contributed by atoms with Crippen molar-refractivity contribution in [1.82, 2.24) is 0 Å². The summed E-state index contributed by atoms with van der Waals surface area (Å²) in [7, 11) is 0. The topological polar surface area (TPSA) is 37.3 Å². The summed E-state index contributed by atoms with van der Waals surface area (Å²) < 4.78 is 0.961. The zero-order valence-electron chi connectivity index (χ0n) is 9.93. The standard InChI is InChI=1S/C15H12O2S/c1-2-11(16)15-14(17)13-10-6-4-3-5-9(10)7-8-12(13)18-15/h3-8,17H,2H2,1H3. The van der Waals surface area contributed by atoms with Gasteiger partial charge in [0.05, 0.1) is 0 Å². The highest BCUT2D eigenvalue weighted by Gasteiger charge is 2.17. The normalized spacial score (nSPS) is 11.2. The lowest BCUT2D eigenvalue weighted by atomic mass is 10.1. The predicted octanol–water partition coefficient (Wildman–Crippen LogP) is 4.35. The number of thiophene rings is 1. The zero-order valence-corrected chi connectivity index (χ0v) is 10.8. The number of fused-ring (bicyclic) bond motifs is 3. The van der Waals surface area contributed by atoms with Crippen molar-refractivity contribution in [1.29, 1.82) is 0 Å². The van der Waals surface area contributed by atoms with Gasteiger partial charge in [-0.05, 0) is 16.8 Å². The molecule has 0 fully saturated rings. The van der Waals surface area contributed by atoms with Crippen molar-refractivity contribution in [2.75, 3.05) is 0 Å². The Morgan fingerprint density at radius 3 is 2.78 bits per heavy atom. The first-order chi connectivity index (χ1) is 8.72. The maximum atomic E-state index is 11.8. The average Bonchev–Trinajstić information content (AvgIpc) is 2.76. The Morgan fingerprint density at radius 1 is 1.22 bits per heavy atom. The molecular formula is C15H12O2S. The summed E-state index contributed by atoms with van der Waals surface area (Å²) in [6, 6.07) is 11.9. The number of ketones is 1. The van der Waals surface area contributed by atoms with Crippen molar-refractivity contribution in [2.45, 2.75) is 13.3 Å². The van der Waals surface area contributed by atoms with E-state index in [2.05, 4.69) is 0 Å². The number of rotatable bonds is 2. The van der Waals surface area contributed by atoms with Crippen LogP contribution in [0.2, 0.25) is 0 Å². The molecule has 1 N–H and O–H groups in total. The van der Waals surface area contributed by atoms with Crippen LogP contribution in [0.25, 0.3) is 20.9 Å². The number of aromatic hydroxyl groups is 1. The molecule has 3 heteroatoms. The van der Waals surface area contributed by atoms with Crippen molar-refractivity contribution < 1.29 is 9.90 Å². The quantitative estimate of drug-likeness (QED) is 0.692. The van der Waals surface area contributed by atoms with Gasteiger partial charge < -0.3 is 5.11 Å². The van der Waals surface area contributed by atoms with Gasteiger partial charge in [0, 0.05) is 16.5 Å². The molecule has 0 saturated carbocycles. The van der Waals surface area contributed by atoms with Gasteiger partial charge in [-0.1, -0.05) is 37.3 Å². The van der Waals surface area contributed by atoms with Crippen LogP contribution in [-0.4, -0.2) is 10.9 Å². The van der Waals surface area contributed by atoms with Gasteiger partial charge >= 0.3 is 0 Å². The molecule has 0 unspecified atom stereocenters. The van der Waals surface area contributed by atoms with Crippen molar-refractivity contribution in [3.63, 3.8) is 0 Å². The Balaban J connectivity index is 2.44. The molecule has 1 aromatic heterocycles. The molecule has 0 radical (unpaired) electrons. The van der Waals surface area contributed by atoms with Crippen molar-refractivity contribution in [3.8, 4) is 5.75 Å². The molecule has 18 heavy (non-hydrogen) atoms. The molecule has 90 valence electrons. The Kier molecular flexibility index (Phi) is 2.56. The Hall–Kier alpha value is -1.87. The van der Waals surface area contributed by atoms with Crippen molar-refractivity contribution >= 4 is 38.0 Å². The van der Waals surface area contributed by atoms with E-state index >= 15 is 0 Å². The minimum atomic E-state index is -0.00205. The van der Waals surface area contributed by atoms with E-state index in [1.165, 1.54) is 11.3 Å². The van der Waals surface area contributed by atoms with Gasteiger partial charge in [0.25, 0.3) is 0 Å². The number of benzene rings is 2. The number of carbonyl (C=O) groups excluding carboxylic acids is 1. The van der Waals surface area contributed by atoms with Gasteiger partial charge in [-0.25, -0.2) is 0 Å². The summed E-state index contributed by atoms with van der Waals surface area (Å²) in [6.07, 6.45) is 0.415. The Morgan fingerprint density at radius 2 is 2.00 bits per heavy atom. The largest absolute Gasteiger partial charge is 0.506 e. The van der Waals surface area contributed by atoms with Crippen LogP contribution in [0.5, 0.6) is 5.75 Å². The van der Waals surface area contributed by atoms with Crippen LogP contribution in [0.15, 0.2) is 36.4 Å². The molecular weight excluding hydrogens is 244 g/mol. The SMILES string of the molecule is CCC(=O)c1sc2ccc3ccccc3c2c1O. The van der Waals surface area contributed by atoms with Gasteiger partial charge in [-0.3, -0.25) is 4.79 Å². The molecule has 0 spiro atoms. The zero-order chi connectivity index (χ0) is 12.7. The van der Waals surface area contributed by atoms with Crippen LogP contribution < -0.4 is 0 Å². The lowest BCUT2D eigenvalue weighted by Gasteiger charge is -1.99. The fourth-order valence-corrected chi connectivity index (χ4v) is 3.32. The molecule has 3 aromatic rings. The van der Waals surface area contributed by atoms with Crippen LogP contribution in [0.1, 0.15) is 23.0 Å². The molecule has 2 aromatic carbocycles. The fourth-order valence-electron chi connectivity index (χ4n) is 2.20. The highest BCUT2D eigenvalue weighted by atomic mass is 32.1. The average molecular weight is 256 g/mol. The summed E-state index contributed by atoms with van der Waals surface area (Å²) in [5, 5.41) is 13.2. The maximum absolute atomic E-state index is 11.8. The summed E-state index contributed by atoms with van der Waals surface area (Å²) in [5.41, 5.74) is 0. The molecule has 2 nitrogen and oxygen atoms in total. The minimum absolute atomic E-state index is 0.00205. The monoisotopic (exact) mass is 256 g/mol. The molecule has 0 aliphatic carbocycles. The highest BCUT2D eigenvalue weighted by molar-refractivity contribution is 7.21. The highest BCUT2D eigenvalue weighted by Crippen LogP contribution is 2.41. The molecule has 1 heterocycles. The lowest BCUT2D eigenvalue weighted by molar-refractivity contribution is 0.0990. The van der Waals surface area contributed by atoms with E-state index in [9.17, 15) is 9.90 Å². The van der Waals surface area contributed by atoms with Gasteiger partial charge in [-0.2, -0.15) is 0 Å². The molecule has 0 bridgehead atoms. The van der Waals surface area contributed by atoms with E-state index < -0.39 is 0 Å². The summed E-state index contributed by atoms with van der Waals surface area (Å²) in [5.74, 6) is 0.136. The number of hydrogen-bond donors (Lipinski definition) is 1. The van der Waals surface area contributed by atoms with Crippen LogP contribution in [0.4, 0.5) is 0 Å². The Labute approximate surface area is 108 Å². The van der Waals surface area contributed by atoms with E-state index in [1.54, 1.807) is 0 Å². The van der Waals surface area contributed by atoms with Gasteiger partial charge in [0.1, 0.15) is 10.6 Å². The first-order valence-electron chi connectivity index (χ1n) is 5.88. The van der Waals surface area contributed by atoms with E-state index in [0.717, 1.165) is 20.9 Å². The first kappa shape index (κ1) is 11.2. The van der Waals surface area contributed by atoms with E-state index in [0.29, 0.717) is 11.3 Å². The first-order valence-corrected chi connectivity index (χ1v) is 6.70. The fraction of sp³-hybridized carbons (Fsp3) is 0.133. The third-order valence-electron chi connectivity index (χ3n) is 3.13. The number of hydrogen-bond acceptors (Lipinski definition) is 3. The molecule has 0 atom stereocenters.